The van der Waals surface area contributed by atoms with Crippen LogP contribution >= 0.6 is 0 Å². The summed E-state index contributed by atoms with van der Waals surface area (Å²) in [7, 11) is 0. The maximum Gasteiger partial charge on any atom is 0.0629 e. The van der Waals surface area contributed by atoms with Gasteiger partial charge in [-0.25, -0.2) is 0 Å². The summed E-state index contributed by atoms with van der Waals surface area (Å²) in [5.74, 6) is 0.463. The van der Waals surface area contributed by atoms with Crippen molar-refractivity contribution >= 4 is 0 Å². The fourth-order valence-electron chi connectivity index (χ4n) is 1.97. The van der Waals surface area contributed by atoms with Gasteiger partial charge in [-0.15, -0.1) is 5.73 Å². The molecule has 1 heteroatoms. The van der Waals surface area contributed by atoms with Gasteiger partial charge in [0.25, 0.3) is 0 Å². The van der Waals surface area contributed by atoms with Crippen LogP contribution in [0.4, 0.5) is 0 Å². The van der Waals surface area contributed by atoms with Crippen LogP contribution in [0, 0.1) is 5.92 Å². The molecule has 0 fully saturated rings. The zero-order valence-corrected chi connectivity index (χ0v) is 14.0. The molecule has 0 saturated carbocycles. The molecular formula is C19H31N. The van der Waals surface area contributed by atoms with Crippen LogP contribution in [0.2, 0.25) is 0 Å². The van der Waals surface area contributed by atoms with E-state index in [1.165, 1.54) is 11.1 Å². The van der Waals surface area contributed by atoms with E-state index in [9.17, 15) is 0 Å². The third-order valence-corrected chi connectivity index (χ3v) is 3.52. The van der Waals surface area contributed by atoms with Crippen molar-refractivity contribution in [2.75, 3.05) is 6.54 Å². The molecule has 0 heterocycles. The SMILES string of the molecule is C=C=C(C(C)CC)N(C=C)C/C=C(\C)CCC=C(C)C. The lowest BCUT2D eigenvalue weighted by Crippen LogP contribution is -2.20. The summed E-state index contributed by atoms with van der Waals surface area (Å²) in [4.78, 5) is 2.14. The topological polar surface area (TPSA) is 3.24 Å². The molecule has 20 heavy (non-hydrogen) atoms. The molecule has 0 spiro atoms. The molecule has 0 saturated heterocycles. The first-order valence-corrected chi connectivity index (χ1v) is 7.54. The number of hydrogen-bond acceptors (Lipinski definition) is 1. The van der Waals surface area contributed by atoms with Gasteiger partial charge in [-0.2, -0.15) is 0 Å². The van der Waals surface area contributed by atoms with Crippen molar-refractivity contribution in [1.82, 2.24) is 4.90 Å². The molecule has 0 bridgehead atoms. The second-order valence-corrected chi connectivity index (χ2v) is 5.58. The highest BCUT2D eigenvalue weighted by Crippen LogP contribution is 2.18. The van der Waals surface area contributed by atoms with Crippen molar-refractivity contribution in [2.24, 2.45) is 5.92 Å². The van der Waals surface area contributed by atoms with Gasteiger partial charge in [0.1, 0.15) is 0 Å². The van der Waals surface area contributed by atoms with E-state index in [0.717, 1.165) is 31.5 Å². The maximum atomic E-state index is 3.91. The third-order valence-electron chi connectivity index (χ3n) is 3.52. The summed E-state index contributed by atoms with van der Waals surface area (Å²) in [6, 6.07) is 0. The molecular weight excluding hydrogens is 242 g/mol. The molecule has 0 amide bonds. The van der Waals surface area contributed by atoms with Crippen LogP contribution in [-0.2, 0) is 0 Å². The van der Waals surface area contributed by atoms with Crippen LogP contribution in [0.3, 0.4) is 0 Å². The predicted octanol–water partition coefficient (Wildman–Crippen LogP) is 5.84. The van der Waals surface area contributed by atoms with Gasteiger partial charge in [0, 0.05) is 12.5 Å². The van der Waals surface area contributed by atoms with Crippen LogP contribution in [-0.4, -0.2) is 11.4 Å². The van der Waals surface area contributed by atoms with Gasteiger partial charge in [0.15, 0.2) is 0 Å². The molecule has 1 atom stereocenters. The van der Waals surface area contributed by atoms with Crippen molar-refractivity contribution in [3.05, 3.63) is 54.1 Å². The molecule has 1 unspecified atom stereocenters. The number of allylic oxidation sites excluding steroid dienone is 4. The van der Waals surface area contributed by atoms with Crippen LogP contribution < -0.4 is 0 Å². The highest BCUT2D eigenvalue weighted by atomic mass is 15.1. The first-order valence-electron chi connectivity index (χ1n) is 7.54. The van der Waals surface area contributed by atoms with E-state index < -0.39 is 0 Å². The second kappa shape index (κ2) is 10.3. The maximum absolute atomic E-state index is 3.91. The Labute approximate surface area is 126 Å². The summed E-state index contributed by atoms with van der Waals surface area (Å²) in [5.41, 5.74) is 7.01. The average Bonchev–Trinajstić information content (AvgIpc) is 2.42. The highest BCUT2D eigenvalue weighted by Gasteiger charge is 2.11. The lowest BCUT2D eigenvalue weighted by atomic mass is 10.0. The molecule has 0 N–H and O–H groups in total. The Morgan fingerprint density at radius 2 is 1.90 bits per heavy atom. The Kier molecular flexibility index (Phi) is 9.59. The van der Waals surface area contributed by atoms with Crippen molar-refractivity contribution in [2.45, 2.75) is 53.9 Å². The summed E-state index contributed by atoms with van der Waals surface area (Å²) in [6.45, 7) is 19.4. The Morgan fingerprint density at radius 1 is 1.25 bits per heavy atom. The van der Waals surface area contributed by atoms with E-state index in [2.05, 4.69) is 70.6 Å². The number of rotatable bonds is 9. The lowest BCUT2D eigenvalue weighted by molar-refractivity contribution is 0.431. The first-order chi connectivity index (χ1) is 9.46. The summed E-state index contributed by atoms with van der Waals surface area (Å²) >= 11 is 0. The van der Waals surface area contributed by atoms with E-state index in [1.54, 1.807) is 0 Å². The van der Waals surface area contributed by atoms with Crippen molar-refractivity contribution in [3.8, 4) is 0 Å². The van der Waals surface area contributed by atoms with Crippen LogP contribution in [0.5, 0.6) is 0 Å². The smallest absolute Gasteiger partial charge is 0.0629 e. The van der Waals surface area contributed by atoms with Gasteiger partial charge in [0.2, 0.25) is 0 Å². The molecule has 1 nitrogen and oxygen atoms in total. The van der Waals surface area contributed by atoms with Crippen molar-refractivity contribution < 1.29 is 0 Å². The van der Waals surface area contributed by atoms with Crippen LogP contribution in [0.15, 0.2) is 54.1 Å². The standard InChI is InChI=1S/C19H31N/c1-8-18(7)19(9-2)20(10-3)15-14-17(6)13-11-12-16(4)5/h10,12,14,18H,2-3,8,11,13,15H2,1,4-7H3/b17-14+. The first kappa shape index (κ1) is 18.5. The Bertz CT molecular complexity index is 401. The predicted molar refractivity (Wildman–Crippen MR) is 91.4 cm³/mol. The Balaban J connectivity index is 4.61. The molecule has 0 aromatic carbocycles. The Morgan fingerprint density at radius 3 is 2.35 bits per heavy atom. The van der Waals surface area contributed by atoms with Gasteiger partial charge in [0.05, 0.1) is 5.70 Å². The molecule has 0 aliphatic heterocycles. The van der Waals surface area contributed by atoms with Crippen LogP contribution in [0.1, 0.15) is 53.9 Å². The minimum atomic E-state index is 0.463. The van der Waals surface area contributed by atoms with Crippen LogP contribution in [0.25, 0.3) is 0 Å². The van der Waals surface area contributed by atoms with E-state index in [1.807, 2.05) is 6.20 Å². The van der Waals surface area contributed by atoms with E-state index in [-0.39, 0.29) is 0 Å². The van der Waals surface area contributed by atoms with Gasteiger partial charge in [-0.1, -0.05) is 50.3 Å². The van der Waals surface area contributed by atoms with Crippen molar-refractivity contribution in [1.29, 1.82) is 0 Å². The van der Waals surface area contributed by atoms with E-state index in [0.29, 0.717) is 5.92 Å². The van der Waals surface area contributed by atoms with Crippen molar-refractivity contribution in [3.63, 3.8) is 0 Å². The van der Waals surface area contributed by atoms with E-state index >= 15 is 0 Å². The van der Waals surface area contributed by atoms with Gasteiger partial charge < -0.3 is 4.90 Å². The molecule has 0 aliphatic rings. The average molecular weight is 273 g/mol. The minimum Gasteiger partial charge on any atom is -0.342 e. The molecule has 0 rings (SSSR count). The van der Waals surface area contributed by atoms with E-state index in [4.69, 9.17) is 0 Å². The largest absolute Gasteiger partial charge is 0.342 e. The monoisotopic (exact) mass is 273 g/mol. The second-order valence-electron chi connectivity index (χ2n) is 5.58. The van der Waals surface area contributed by atoms with Gasteiger partial charge >= 0.3 is 0 Å². The highest BCUT2D eigenvalue weighted by molar-refractivity contribution is 5.10. The normalized spacial score (nSPS) is 12.3. The quantitative estimate of drug-likeness (QED) is 0.377. The molecule has 0 aliphatic carbocycles. The summed E-state index contributed by atoms with van der Waals surface area (Å²) < 4.78 is 0. The summed E-state index contributed by atoms with van der Waals surface area (Å²) in [6.07, 6.45) is 9.77. The fraction of sp³-hybridized carbons (Fsp3) is 0.526. The van der Waals surface area contributed by atoms with Gasteiger partial charge in [-0.05, 0) is 46.2 Å². The molecule has 112 valence electrons. The third kappa shape index (κ3) is 7.21. The lowest BCUT2D eigenvalue weighted by Gasteiger charge is -2.24. The number of hydrogen-bond donors (Lipinski definition) is 0. The Hall–Kier alpha value is -1.46. The fourth-order valence-corrected chi connectivity index (χ4v) is 1.97. The zero-order chi connectivity index (χ0) is 15.5. The molecule has 0 aromatic rings. The number of nitrogens with zero attached hydrogens (tertiary/aromatic N) is 1. The molecule has 0 aromatic heterocycles. The molecule has 0 radical (unpaired) electrons. The zero-order valence-electron chi connectivity index (χ0n) is 14.0. The minimum absolute atomic E-state index is 0.463. The van der Waals surface area contributed by atoms with Gasteiger partial charge in [-0.3, -0.25) is 0 Å². The summed E-state index contributed by atoms with van der Waals surface area (Å²) in [5, 5.41) is 0.